The van der Waals surface area contributed by atoms with Crippen molar-refractivity contribution in [2.24, 2.45) is 11.1 Å². The Bertz CT molecular complexity index is 404. The second kappa shape index (κ2) is 6.06. The van der Waals surface area contributed by atoms with Gasteiger partial charge in [-0.05, 0) is 75.2 Å². The minimum Gasteiger partial charge on any atom is -0.330 e. The summed E-state index contributed by atoms with van der Waals surface area (Å²) < 4.78 is 0. The summed E-state index contributed by atoms with van der Waals surface area (Å²) in [5, 5.41) is 3.62. The van der Waals surface area contributed by atoms with Gasteiger partial charge in [-0.1, -0.05) is 24.1 Å². The lowest BCUT2D eigenvalue weighted by molar-refractivity contribution is 0.141. The van der Waals surface area contributed by atoms with Gasteiger partial charge < -0.3 is 11.1 Å². The number of benzene rings is 1. The fraction of sp³-hybridized carbons (Fsp3) is 0.647. The molecule has 2 rings (SSSR count). The molecule has 1 aromatic rings. The molecule has 1 aliphatic carbocycles. The lowest BCUT2D eigenvalue weighted by Gasteiger charge is -2.41. The molecular formula is C17H28N2. The quantitative estimate of drug-likeness (QED) is 0.772. The van der Waals surface area contributed by atoms with Crippen LogP contribution in [0.4, 0.5) is 0 Å². The van der Waals surface area contributed by atoms with Crippen molar-refractivity contribution in [1.82, 2.24) is 5.32 Å². The molecule has 0 bridgehead atoms. The zero-order valence-corrected chi connectivity index (χ0v) is 12.7. The molecule has 0 heterocycles. The van der Waals surface area contributed by atoms with Crippen LogP contribution < -0.4 is 11.1 Å². The average Bonchev–Trinajstić information content (AvgIpc) is 2.29. The molecule has 0 aliphatic heterocycles. The Labute approximate surface area is 117 Å². The highest BCUT2D eigenvalue weighted by Crippen LogP contribution is 2.39. The minimum atomic E-state index is 0.414. The molecule has 2 heteroatoms. The van der Waals surface area contributed by atoms with Crippen molar-refractivity contribution in [1.29, 1.82) is 0 Å². The van der Waals surface area contributed by atoms with Crippen LogP contribution in [0.3, 0.4) is 0 Å². The predicted molar refractivity (Wildman–Crippen MR) is 82.6 cm³/mol. The van der Waals surface area contributed by atoms with E-state index >= 15 is 0 Å². The van der Waals surface area contributed by atoms with E-state index in [2.05, 4.69) is 38.2 Å². The maximum Gasteiger partial charge on any atom is 0.00200 e. The summed E-state index contributed by atoms with van der Waals surface area (Å²) in [4.78, 5) is 0. The first kappa shape index (κ1) is 14.5. The topological polar surface area (TPSA) is 38.0 Å². The molecular weight excluding hydrogens is 232 g/mol. The molecule has 2 nitrogen and oxygen atoms in total. The number of aryl methyl sites for hydroxylation is 3. The smallest absolute Gasteiger partial charge is 0.00200 e. The molecule has 19 heavy (non-hydrogen) atoms. The summed E-state index contributed by atoms with van der Waals surface area (Å²) in [5.74, 6) is 0. The summed E-state index contributed by atoms with van der Waals surface area (Å²) in [6, 6.07) is 4.57. The van der Waals surface area contributed by atoms with E-state index in [0.29, 0.717) is 5.41 Å². The molecule has 0 amide bonds. The highest BCUT2D eigenvalue weighted by molar-refractivity contribution is 5.37. The monoisotopic (exact) mass is 260 g/mol. The van der Waals surface area contributed by atoms with Gasteiger partial charge in [0.05, 0.1) is 0 Å². The molecule has 1 aromatic carbocycles. The lowest BCUT2D eigenvalue weighted by atomic mass is 9.69. The fourth-order valence-corrected chi connectivity index (χ4v) is 3.30. The summed E-state index contributed by atoms with van der Waals surface area (Å²) >= 11 is 0. The van der Waals surface area contributed by atoms with Crippen LogP contribution in [0.1, 0.15) is 41.5 Å². The van der Waals surface area contributed by atoms with Gasteiger partial charge in [-0.15, -0.1) is 0 Å². The number of hydrogen-bond acceptors (Lipinski definition) is 2. The van der Waals surface area contributed by atoms with Crippen LogP contribution in [0.25, 0.3) is 0 Å². The van der Waals surface area contributed by atoms with E-state index in [0.717, 1.165) is 26.1 Å². The Kier molecular flexibility index (Phi) is 4.64. The molecule has 0 atom stereocenters. The number of hydrogen-bond donors (Lipinski definition) is 2. The molecule has 1 fully saturated rings. The van der Waals surface area contributed by atoms with Crippen LogP contribution in [-0.2, 0) is 6.42 Å². The maximum absolute atomic E-state index is 5.89. The standard InChI is InChI=1S/C17H28N2/c1-13-9-14(2)16(15(3)10-13)5-8-19-12-17(11-18)6-4-7-17/h9-10,19H,4-8,11-12,18H2,1-3H3. The van der Waals surface area contributed by atoms with E-state index in [4.69, 9.17) is 5.73 Å². The van der Waals surface area contributed by atoms with Crippen LogP contribution in [-0.4, -0.2) is 19.6 Å². The third-order valence-electron chi connectivity index (χ3n) is 4.74. The molecule has 1 saturated carbocycles. The van der Waals surface area contributed by atoms with Crippen molar-refractivity contribution in [3.05, 3.63) is 34.4 Å². The molecule has 1 aliphatic rings. The molecule has 106 valence electrons. The largest absolute Gasteiger partial charge is 0.330 e. The summed E-state index contributed by atoms with van der Waals surface area (Å²) in [5.41, 5.74) is 12.0. The van der Waals surface area contributed by atoms with E-state index < -0.39 is 0 Å². The van der Waals surface area contributed by atoms with Crippen LogP contribution in [0, 0.1) is 26.2 Å². The Morgan fingerprint density at radius 3 is 2.26 bits per heavy atom. The molecule has 0 aromatic heterocycles. The zero-order valence-electron chi connectivity index (χ0n) is 12.7. The lowest BCUT2D eigenvalue weighted by Crippen LogP contribution is -2.45. The van der Waals surface area contributed by atoms with Gasteiger partial charge in [0.15, 0.2) is 0 Å². The van der Waals surface area contributed by atoms with Crippen molar-refractivity contribution in [2.45, 2.75) is 46.5 Å². The fourth-order valence-electron chi connectivity index (χ4n) is 3.30. The summed E-state index contributed by atoms with van der Waals surface area (Å²) in [7, 11) is 0. The van der Waals surface area contributed by atoms with E-state index in [1.54, 1.807) is 0 Å². The first-order valence-electron chi connectivity index (χ1n) is 7.54. The molecule has 0 unspecified atom stereocenters. The first-order valence-corrected chi connectivity index (χ1v) is 7.54. The van der Waals surface area contributed by atoms with E-state index in [-0.39, 0.29) is 0 Å². The second-order valence-corrected chi connectivity index (χ2v) is 6.36. The van der Waals surface area contributed by atoms with Gasteiger partial charge in [-0.3, -0.25) is 0 Å². The highest BCUT2D eigenvalue weighted by Gasteiger charge is 2.34. The van der Waals surface area contributed by atoms with E-state index in [1.165, 1.54) is 41.5 Å². The van der Waals surface area contributed by atoms with Gasteiger partial charge in [0.25, 0.3) is 0 Å². The van der Waals surface area contributed by atoms with Crippen molar-refractivity contribution < 1.29 is 0 Å². The van der Waals surface area contributed by atoms with Gasteiger partial charge >= 0.3 is 0 Å². The Morgan fingerprint density at radius 1 is 1.16 bits per heavy atom. The Hall–Kier alpha value is -0.860. The Balaban J connectivity index is 1.83. The van der Waals surface area contributed by atoms with Crippen LogP contribution >= 0.6 is 0 Å². The summed E-state index contributed by atoms with van der Waals surface area (Å²) in [6.45, 7) is 9.61. The van der Waals surface area contributed by atoms with Gasteiger partial charge in [-0.25, -0.2) is 0 Å². The zero-order chi connectivity index (χ0) is 13.9. The van der Waals surface area contributed by atoms with Crippen LogP contribution in [0.15, 0.2) is 12.1 Å². The van der Waals surface area contributed by atoms with Crippen LogP contribution in [0.2, 0.25) is 0 Å². The first-order chi connectivity index (χ1) is 9.06. The van der Waals surface area contributed by atoms with Gasteiger partial charge in [0, 0.05) is 6.54 Å². The molecule has 0 spiro atoms. The highest BCUT2D eigenvalue weighted by atomic mass is 14.9. The number of nitrogens with one attached hydrogen (secondary N) is 1. The summed E-state index contributed by atoms with van der Waals surface area (Å²) in [6.07, 6.45) is 5.09. The number of rotatable bonds is 6. The third kappa shape index (κ3) is 3.37. The van der Waals surface area contributed by atoms with Crippen molar-refractivity contribution in [3.8, 4) is 0 Å². The van der Waals surface area contributed by atoms with Gasteiger partial charge in [0.2, 0.25) is 0 Å². The molecule has 3 N–H and O–H groups in total. The normalized spacial score (nSPS) is 17.3. The number of nitrogens with two attached hydrogens (primary N) is 1. The predicted octanol–water partition coefficient (Wildman–Crippen LogP) is 2.87. The molecule has 0 radical (unpaired) electrons. The van der Waals surface area contributed by atoms with Crippen LogP contribution in [0.5, 0.6) is 0 Å². The van der Waals surface area contributed by atoms with Gasteiger partial charge in [-0.2, -0.15) is 0 Å². The van der Waals surface area contributed by atoms with Crippen molar-refractivity contribution in [3.63, 3.8) is 0 Å². The Morgan fingerprint density at radius 2 is 1.79 bits per heavy atom. The average molecular weight is 260 g/mol. The molecule has 0 saturated heterocycles. The second-order valence-electron chi connectivity index (χ2n) is 6.36. The van der Waals surface area contributed by atoms with Crippen molar-refractivity contribution in [2.75, 3.05) is 19.6 Å². The van der Waals surface area contributed by atoms with Gasteiger partial charge in [0.1, 0.15) is 0 Å². The van der Waals surface area contributed by atoms with E-state index in [1.807, 2.05) is 0 Å². The van der Waals surface area contributed by atoms with Crippen molar-refractivity contribution >= 4 is 0 Å². The third-order valence-corrected chi connectivity index (χ3v) is 4.74. The minimum absolute atomic E-state index is 0.414. The maximum atomic E-state index is 5.89. The van der Waals surface area contributed by atoms with E-state index in [9.17, 15) is 0 Å². The SMILES string of the molecule is Cc1cc(C)c(CCNCC2(CN)CCC2)c(C)c1.